The second-order valence-electron chi connectivity index (χ2n) is 6.20. The summed E-state index contributed by atoms with van der Waals surface area (Å²) in [6, 6.07) is 7.21. The highest BCUT2D eigenvalue weighted by molar-refractivity contribution is 5.81. The van der Waals surface area contributed by atoms with Gasteiger partial charge in [0, 0.05) is 43.7 Å². The third kappa shape index (κ3) is 3.48. The van der Waals surface area contributed by atoms with Crippen LogP contribution in [0.4, 0.5) is 14.6 Å². The molecule has 0 saturated carbocycles. The maximum Gasteiger partial charge on any atom is 0.226 e. The quantitative estimate of drug-likeness (QED) is 0.740. The monoisotopic (exact) mass is 370 g/mol. The lowest BCUT2D eigenvalue weighted by molar-refractivity contribution is -0.125. The van der Waals surface area contributed by atoms with Crippen LogP contribution in [-0.4, -0.2) is 38.7 Å². The lowest BCUT2D eigenvalue weighted by Gasteiger charge is -2.39. The summed E-state index contributed by atoms with van der Waals surface area (Å²) in [5, 5.41) is 6.72. The van der Waals surface area contributed by atoms with E-state index in [-0.39, 0.29) is 23.9 Å². The van der Waals surface area contributed by atoms with Gasteiger partial charge >= 0.3 is 0 Å². The van der Waals surface area contributed by atoms with Gasteiger partial charge in [0.15, 0.2) is 5.82 Å². The van der Waals surface area contributed by atoms with Crippen LogP contribution in [0, 0.1) is 17.6 Å². The Kier molecular flexibility index (Phi) is 4.49. The molecule has 3 aromatic rings. The van der Waals surface area contributed by atoms with E-state index in [9.17, 15) is 13.6 Å². The normalized spacial score (nSPS) is 14.1. The average Bonchev–Trinajstić information content (AvgIpc) is 3.15. The van der Waals surface area contributed by atoms with Crippen LogP contribution < -0.4 is 10.2 Å². The molecule has 1 aromatic carbocycles. The lowest BCUT2D eigenvalue weighted by Crippen LogP contribution is -2.54. The van der Waals surface area contributed by atoms with Gasteiger partial charge in [-0.1, -0.05) is 6.07 Å². The van der Waals surface area contributed by atoms with E-state index >= 15 is 0 Å². The number of hydrogen-bond acceptors (Lipinski definition) is 5. The molecule has 0 unspecified atom stereocenters. The minimum atomic E-state index is -0.669. The summed E-state index contributed by atoms with van der Waals surface area (Å²) in [7, 11) is 0. The van der Waals surface area contributed by atoms with Crippen LogP contribution in [0.5, 0.6) is 0 Å². The van der Waals surface area contributed by atoms with Crippen molar-refractivity contribution in [3.63, 3.8) is 0 Å². The van der Waals surface area contributed by atoms with Crippen molar-refractivity contribution in [1.29, 1.82) is 0 Å². The van der Waals surface area contributed by atoms with E-state index in [1.54, 1.807) is 29.2 Å². The molecular formula is C18H16F2N6O. The third-order valence-electron chi connectivity index (χ3n) is 4.45. The number of carbonyl (C=O) groups excluding carboxylic acids is 1. The molecule has 9 heteroatoms. The summed E-state index contributed by atoms with van der Waals surface area (Å²) in [6.45, 7) is 0.771. The molecule has 0 spiro atoms. The smallest absolute Gasteiger partial charge is 0.226 e. The van der Waals surface area contributed by atoms with Crippen LogP contribution in [0.25, 0.3) is 5.82 Å². The molecule has 0 radical (unpaired) electrons. The van der Waals surface area contributed by atoms with Gasteiger partial charge in [0.05, 0.1) is 5.92 Å². The first-order valence-electron chi connectivity index (χ1n) is 8.39. The van der Waals surface area contributed by atoms with E-state index in [4.69, 9.17) is 0 Å². The van der Waals surface area contributed by atoms with Crippen LogP contribution in [-0.2, 0) is 11.3 Å². The van der Waals surface area contributed by atoms with Crippen LogP contribution in [0.3, 0.4) is 0 Å². The lowest BCUT2D eigenvalue weighted by atomic mass is 9.99. The summed E-state index contributed by atoms with van der Waals surface area (Å²) in [5.74, 6) is -0.513. The maximum absolute atomic E-state index is 13.6. The molecule has 1 amide bonds. The van der Waals surface area contributed by atoms with Gasteiger partial charge in [-0.3, -0.25) is 4.79 Å². The Labute approximate surface area is 153 Å². The number of halogens is 2. The molecule has 1 aliphatic rings. The first-order chi connectivity index (χ1) is 13.1. The van der Waals surface area contributed by atoms with Gasteiger partial charge in [0.25, 0.3) is 0 Å². The van der Waals surface area contributed by atoms with Crippen LogP contribution >= 0.6 is 0 Å². The minimum Gasteiger partial charge on any atom is -0.355 e. The Hall–Kier alpha value is -3.36. The zero-order chi connectivity index (χ0) is 18.8. The second-order valence-corrected chi connectivity index (χ2v) is 6.20. The van der Waals surface area contributed by atoms with Crippen LogP contribution in [0.1, 0.15) is 5.56 Å². The van der Waals surface area contributed by atoms with Crippen molar-refractivity contribution in [3.8, 4) is 5.82 Å². The number of hydrogen-bond donors (Lipinski definition) is 1. The van der Waals surface area contributed by atoms with Gasteiger partial charge in [-0.15, -0.1) is 0 Å². The molecule has 0 aliphatic carbocycles. The Balaban J connectivity index is 1.34. The molecule has 7 nitrogen and oxygen atoms in total. The molecule has 3 heterocycles. The van der Waals surface area contributed by atoms with Gasteiger partial charge in [-0.2, -0.15) is 5.10 Å². The van der Waals surface area contributed by atoms with E-state index < -0.39 is 11.6 Å². The molecule has 4 rings (SSSR count). The first kappa shape index (κ1) is 17.1. The molecule has 2 aromatic heterocycles. The minimum absolute atomic E-state index is 0.137. The number of carbonyl (C=O) groups is 1. The predicted molar refractivity (Wildman–Crippen MR) is 93.1 cm³/mol. The number of anilines is 1. The second kappa shape index (κ2) is 7.10. The van der Waals surface area contributed by atoms with E-state index in [1.807, 2.05) is 4.90 Å². The van der Waals surface area contributed by atoms with Gasteiger partial charge in [-0.25, -0.2) is 23.4 Å². The first-order valence-corrected chi connectivity index (χ1v) is 8.39. The third-order valence-corrected chi connectivity index (χ3v) is 4.45. The maximum atomic E-state index is 13.6. The van der Waals surface area contributed by atoms with Gasteiger partial charge in [0.1, 0.15) is 23.8 Å². The van der Waals surface area contributed by atoms with Crippen molar-refractivity contribution in [3.05, 3.63) is 66.3 Å². The van der Waals surface area contributed by atoms with E-state index in [1.165, 1.54) is 24.5 Å². The fourth-order valence-corrected chi connectivity index (χ4v) is 2.89. The Morgan fingerprint density at radius 2 is 1.89 bits per heavy atom. The number of benzene rings is 1. The molecule has 1 aliphatic heterocycles. The van der Waals surface area contributed by atoms with Gasteiger partial charge in [-0.05, 0) is 18.2 Å². The molecule has 1 fully saturated rings. The van der Waals surface area contributed by atoms with Crippen molar-refractivity contribution in [2.75, 3.05) is 18.0 Å². The number of nitrogens with zero attached hydrogens (tertiary/aromatic N) is 5. The summed E-state index contributed by atoms with van der Waals surface area (Å²) >= 11 is 0. The summed E-state index contributed by atoms with van der Waals surface area (Å²) in [6.07, 6.45) is 4.88. The Bertz CT molecular complexity index is 936. The van der Waals surface area contributed by atoms with Crippen molar-refractivity contribution in [2.24, 2.45) is 5.92 Å². The average molecular weight is 370 g/mol. The topological polar surface area (TPSA) is 75.9 Å². The van der Waals surface area contributed by atoms with E-state index in [0.29, 0.717) is 24.7 Å². The fourth-order valence-electron chi connectivity index (χ4n) is 2.89. The van der Waals surface area contributed by atoms with Crippen molar-refractivity contribution < 1.29 is 13.6 Å². The van der Waals surface area contributed by atoms with Gasteiger partial charge in [0.2, 0.25) is 5.91 Å². The van der Waals surface area contributed by atoms with Crippen molar-refractivity contribution in [2.45, 2.75) is 6.54 Å². The number of amides is 1. The standard InChI is InChI=1S/C18H16F2N6O/c19-14-3-1-4-15(20)13(14)8-21-18(27)12-9-25(10-12)16-7-17(23-11-22-16)26-6-2-5-24-26/h1-7,11-12H,8-10H2,(H,21,27). The number of nitrogens with one attached hydrogen (secondary N) is 1. The number of aromatic nitrogens is 4. The highest BCUT2D eigenvalue weighted by Crippen LogP contribution is 2.24. The van der Waals surface area contributed by atoms with Crippen LogP contribution in [0.2, 0.25) is 0 Å². The molecule has 1 N–H and O–H groups in total. The van der Waals surface area contributed by atoms with Crippen molar-refractivity contribution in [1.82, 2.24) is 25.1 Å². The molecule has 138 valence electrons. The van der Waals surface area contributed by atoms with Crippen LogP contribution in [0.15, 0.2) is 49.1 Å². The summed E-state index contributed by atoms with van der Waals surface area (Å²) in [4.78, 5) is 22.5. The molecular weight excluding hydrogens is 354 g/mol. The fraction of sp³-hybridized carbons (Fsp3) is 0.222. The predicted octanol–water partition coefficient (Wildman–Crippen LogP) is 1.69. The van der Waals surface area contributed by atoms with Gasteiger partial charge < -0.3 is 10.2 Å². The molecule has 27 heavy (non-hydrogen) atoms. The SMILES string of the molecule is O=C(NCc1c(F)cccc1F)C1CN(c2cc(-n3cccn3)ncn2)C1. The zero-order valence-electron chi connectivity index (χ0n) is 14.2. The zero-order valence-corrected chi connectivity index (χ0v) is 14.2. The molecule has 1 saturated heterocycles. The highest BCUT2D eigenvalue weighted by atomic mass is 19.1. The highest BCUT2D eigenvalue weighted by Gasteiger charge is 2.33. The largest absolute Gasteiger partial charge is 0.355 e. The Morgan fingerprint density at radius 1 is 1.15 bits per heavy atom. The van der Waals surface area contributed by atoms with E-state index in [0.717, 1.165) is 0 Å². The summed E-state index contributed by atoms with van der Waals surface area (Å²) in [5.41, 5.74) is -0.137. The van der Waals surface area contributed by atoms with Crippen molar-refractivity contribution >= 4 is 11.7 Å². The molecule has 0 bridgehead atoms. The Morgan fingerprint density at radius 3 is 2.59 bits per heavy atom. The summed E-state index contributed by atoms with van der Waals surface area (Å²) < 4.78 is 28.9. The number of rotatable bonds is 5. The van der Waals surface area contributed by atoms with E-state index in [2.05, 4.69) is 20.4 Å². The molecule has 0 atom stereocenters.